The SMILES string of the molecule is CCC[C@@H](N(NCc1ccc(Cl)cc1)C(=O)c1cc(C)cc(C)c1)C(C)(C)C. The van der Waals surface area contributed by atoms with Crippen molar-refractivity contribution in [3.63, 3.8) is 0 Å². The summed E-state index contributed by atoms with van der Waals surface area (Å²) in [6, 6.07) is 13.8. The Hall–Kier alpha value is -1.84. The van der Waals surface area contributed by atoms with E-state index in [1.54, 1.807) is 0 Å². The molecule has 0 fully saturated rings. The first-order valence-electron chi connectivity index (χ1n) is 10.0. The van der Waals surface area contributed by atoms with Crippen LogP contribution in [0.2, 0.25) is 5.02 Å². The number of aryl methyl sites for hydroxylation is 2. The van der Waals surface area contributed by atoms with Crippen LogP contribution >= 0.6 is 11.6 Å². The van der Waals surface area contributed by atoms with Crippen molar-refractivity contribution in [2.24, 2.45) is 5.41 Å². The first-order chi connectivity index (χ1) is 13.1. The molecule has 0 aliphatic heterocycles. The number of carbonyl (C=O) groups is 1. The van der Waals surface area contributed by atoms with E-state index in [9.17, 15) is 4.79 Å². The number of amides is 1. The highest BCUT2D eigenvalue weighted by atomic mass is 35.5. The van der Waals surface area contributed by atoms with Crippen molar-refractivity contribution in [2.45, 2.75) is 67.0 Å². The summed E-state index contributed by atoms with van der Waals surface area (Å²) in [5.74, 6) is 0.0224. The molecule has 1 atom stereocenters. The van der Waals surface area contributed by atoms with Crippen LogP contribution in [0.25, 0.3) is 0 Å². The number of nitrogens with zero attached hydrogens (tertiary/aromatic N) is 1. The topological polar surface area (TPSA) is 32.3 Å². The Balaban J connectivity index is 2.35. The molecule has 0 heterocycles. The average Bonchev–Trinajstić information content (AvgIpc) is 2.60. The third-order valence-electron chi connectivity index (χ3n) is 4.93. The van der Waals surface area contributed by atoms with Gasteiger partial charge < -0.3 is 0 Å². The highest BCUT2D eigenvalue weighted by Gasteiger charge is 2.33. The zero-order valence-corrected chi connectivity index (χ0v) is 18.7. The van der Waals surface area contributed by atoms with Gasteiger partial charge in [-0.3, -0.25) is 9.80 Å². The van der Waals surface area contributed by atoms with E-state index >= 15 is 0 Å². The number of hydrogen-bond donors (Lipinski definition) is 1. The fraction of sp³-hybridized carbons (Fsp3) is 0.458. The van der Waals surface area contributed by atoms with Gasteiger partial charge in [-0.2, -0.15) is 0 Å². The van der Waals surface area contributed by atoms with Crippen molar-refractivity contribution in [2.75, 3.05) is 0 Å². The van der Waals surface area contributed by atoms with Crippen LogP contribution in [-0.4, -0.2) is 17.0 Å². The molecule has 0 bridgehead atoms. The number of hydrazine groups is 1. The lowest BCUT2D eigenvalue weighted by Gasteiger charge is -2.40. The second-order valence-corrected chi connectivity index (χ2v) is 9.12. The highest BCUT2D eigenvalue weighted by molar-refractivity contribution is 6.30. The van der Waals surface area contributed by atoms with Crippen LogP contribution in [0.5, 0.6) is 0 Å². The Morgan fingerprint density at radius 3 is 2.14 bits per heavy atom. The molecule has 2 aromatic rings. The van der Waals surface area contributed by atoms with E-state index < -0.39 is 0 Å². The van der Waals surface area contributed by atoms with Crippen molar-refractivity contribution in [3.05, 3.63) is 69.7 Å². The molecule has 0 aliphatic carbocycles. The van der Waals surface area contributed by atoms with Crippen molar-refractivity contribution in [1.29, 1.82) is 0 Å². The van der Waals surface area contributed by atoms with Crippen LogP contribution in [0.4, 0.5) is 0 Å². The normalized spacial score (nSPS) is 12.7. The van der Waals surface area contributed by atoms with Crippen molar-refractivity contribution in [3.8, 4) is 0 Å². The van der Waals surface area contributed by atoms with Gasteiger partial charge in [-0.05, 0) is 55.5 Å². The maximum absolute atomic E-state index is 13.5. The largest absolute Gasteiger partial charge is 0.270 e. The van der Waals surface area contributed by atoms with Gasteiger partial charge in [-0.1, -0.05) is 75.0 Å². The van der Waals surface area contributed by atoms with E-state index in [2.05, 4.69) is 39.2 Å². The van der Waals surface area contributed by atoms with Crippen LogP contribution in [-0.2, 0) is 6.54 Å². The summed E-state index contributed by atoms with van der Waals surface area (Å²) in [6.07, 6.45) is 1.95. The molecule has 0 saturated carbocycles. The lowest BCUT2D eigenvalue weighted by Crippen LogP contribution is -2.54. The first-order valence-corrected chi connectivity index (χ1v) is 10.4. The van der Waals surface area contributed by atoms with E-state index in [0.29, 0.717) is 11.6 Å². The van der Waals surface area contributed by atoms with Crippen LogP contribution in [0.1, 0.15) is 67.6 Å². The fourth-order valence-corrected chi connectivity index (χ4v) is 3.69. The van der Waals surface area contributed by atoms with Crippen molar-refractivity contribution in [1.82, 2.24) is 10.4 Å². The zero-order valence-electron chi connectivity index (χ0n) is 18.0. The molecule has 0 saturated heterocycles. The van der Waals surface area contributed by atoms with Gasteiger partial charge in [-0.25, -0.2) is 5.43 Å². The lowest BCUT2D eigenvalue weighted by molar-refractivity contribution is 0.0282. The van der Waals surface area contributed by atoms with Gasteiger partial charge in [0.25, 0.3) is 5.91 Å². The summed E-state index contributed by atoms with van der Waals surface area (Å²) >= 11 is 6.00. The Kier molecular flexibility index (Phi) is 7.68. The molecule has 3 nitrogen and oxygen atoms in total. The fourth-order valence-electron chi connectivity index (χ4n) is 3.56. The summed E-state index contributed by atoms with van der Waals surface area (Å²) < 4.78 is 0. The van der Waals surface area contributed by atoms with Gasteiger partial charge in [0, 0.05) is 17.1 Å². The molecule has 1 N–H and O–H groups in total. The van der Waals surface area contributed by atoms with Gasteiger partial charge in [0.2, 0.25) is 0 Å². The molecule has 152 valence electrons. The minimum atomic E-state index is -0.0441. The summed E-state index contributed by atoms with van der Waals surface area (Å²) in [6.45, 7) is 13.4. The van der Waals surface area contributed by atoms with Gasteiger partial charge in [0.1, 0.15) is 0 Å². The van der Waals surface area contributed by atoms with E-state index in [1.807, 2.05) is 55.3 Å². The monoisotopic (exact) mass is 400 g/mol. The minimum absolute atomic E-state index is 0.0224. The number of halogens is 1. The highest BCUT2D eigenvalue weighted by Crippen LogP contribution is 2.29. The molecular formula is C24H33ClN2O. The quantitative estimate of drug-likeness (QED) is 0.551. The summed E-state index contributed by atoms with van der Waals surface area (Å²) in [5, 5.41) is 2.57. The molecule has 0 aromatic heterocycles. The van der Waals surface area contributed by atoms with Crippen molar-refractivity contribution >= 4 is 17.5 Å². The number of rotatable bonds is 7. The van der Waals surface area contributed by atoms with Crippen LogP contribution in [0.15, 0.2) is 42.5 Å². The number of carbonyl (C=O) groups excluding carboxylic acids is 1. The smallest absolute Gasteiger partial charge is 0.268 e. The van der Waals surface area contributed by atoms with E-state index in [4.69, 9.17) is 11.6 Å². The molecule has 0 spiro atoms. The maximum atomic E-state index is 13.5. The molecule has 1 amide bonds. The molecule has 2 rings (SSSR count). The van der Waals surface area contributed by atoms with E-state index in [-0.39, 0.29) is 17.4 Å². The second-order valence-electron chi connectivity index (χ2n) is 8.68. The lowest BCUT2D eigenvalue weighted by atomic mass is 9.83. The van der Waals surface area contributed by atoms with Gasteiger partial charge in [0.05, 0.1) is 6.04 Å². The Bertz CT molecular complexity index is 773. The van der Waals surface area contributed by atoms with E-state index in [0.717, 1.165) is 35.1 Å². The van der Waals surface area contributed by atoms with Gasteiger partial charge >= 0.3 is 0 Å². The van der Waals surface area contributed by atoms with E-state index in [1.165, 1.54) is 0 Å². The zero-order chi connectivity index (χ0) is 20.9. The number of benzene rings is 2. The predicted molar refractivity (Wildman–Crippen MR) is 119 cm³/mol. The standard InChI is InChI=1S/C24H33ClN2O/c1-7-8-22(24(4,5)6)27(26-16-19-9-11-21(25)12-10-19)23(28)20-14-17(2)13-18(3)15-20/h9-15,22,26H,7-8,16H2,1-6H3/t22-/m1/s1. The summed E-state index contributed by atoms with van der Waals surface area (Å²) in [5.41, 5.74) is 7.40. The van der Waals surface area contributed by atoms with Crippen LogP contribution < -0.4 is 5.43 Å². The van der Waals surface area contributed by atoms with Crippen LogP contribution in [0, 0.1) is 19.3 Å². The molecule has 4 heteroatoms. The average molecular weight is 401 g/mol. The number of hydrogen-bond acceptors (Lipinski definition) is 2. The molecule has 2 aromatic carbocycles. The van der Waals surface area contributed by atoms with Gasteiger partial charge in [-0.15, -0.1) is 0 Å². The summed E-state index contributed by atoms with van der Waals surface area (Å²) in [7, 11) is 0. The Morgan fingerprint density at radius 1 is 1.07 bits per heavy atom. The molecule has 0 unspecified atom stereocenters. The van der Waals surface area contributed by atoms with Crippen LogP contribution in [0.3, 0.4) is 0 Å². The third-order valence-corrected chi connectivity index (χ3v) is 5.18. The molecule has 28 heavy (non-hydrogen) atoms. The summed E-state index contributed by atoms with van der Waals surface area (Å²) in [4.78, 5) is 13.5. The molecular weight excluding hydrogens is 368 g/mol. The Morgan fingerprint density at radius 2 is 1.64 bits per heavy atom. The Labute approximate surface area is 175 Å². The molecule has 0 aliphatic rings. The van der Waals surface area contributed by atoms with Gasteiger partial charge in [0.15, 0.2) is 0 Å². The second kappa shape index (κ2) is 9.58. The maximum Gasteiger partial charge on any atom is 0.268 e. The third kappa shape index (κ3) is 6.08. The number of nitrogens with one attached hydrogen (secondary N) is 1. The predicted octanol–water partition coefficient (Wildman–Crippen LogP) is 6.32. The molecule has 0 radical (unpaired) electrons. The minimum Gasteiger partial charge on any atom is -0.270 e. The first kappa shape index (κ1) is 22.4. The van der Waals surface area contributed by atoms with Crippen molar-refractivity contribution < 1.29 is 4.79 Å².